The molecule has 0 bridgehead atoms. The van der Waals surface area contributed by atoms with Crippen molar-refractivity contribution in [2.75, 3.05) is 11.9 Å². The highest BCUT2D eigenvalue weighted by molar-refractivity contribution is 6.17. The molecule has 0 atom stereocenters. The maximum Gasteiger partial charge on any atom is 0.135 e. The summed E-state index contributed by atoms with van der Waals surface area (Å²) < 4.78 is 1.88. The van der Waals surface area contributed by atoms with Gasteiger partial charge in [0.05, 0.1) is 11.6 Å². The number of anilines is 2. The summed E-state index contributed by atoms with van der Waals surface area (Å²) in [7, 11) is 3.97. The van der Waals surface area contributed by atoms with Gasteiger partial charge >= 0.3 is 0 Å². The predicted octanol–water partition coefficient (Wildman–Crippen LogP) is 3.24. The Labute approximate surface area is 107 Å². The molecular formula is C13H16ClN3. The van der Waals surface area contributed by atoms with Crippen LogP contribution in [0.15, 0.2) is 30.3 Å². The molecule has 1 aromatic carbocycles. The highest BCUT2D eigenvalue weighted by Gasteiger charge is 2.16. The molecule has 0 N–H and O–H groups in total. The van der Waals surface area contributed by atoms with Gasteiger partial charge in [0.15, 0.2) is 0 Å². The number of benzene rings is 1. The lowest BCUT2D eigenvalue weighted by Crippen LogP contribution is -2.14. The van der Waals surface area contributed by atoms with E-state index in [0.29, 0.717) is 5.88 Å². The van der Waals surface area contributed by atoms with Crippen LogP contribution in [-0.4, -0.2) is 16.8 Å². The highest BCUT2D eigenvalue weighted by Crippen LogP contribution is 2.29. The number of alkyl halides is 1. The standard InChI is InChI=1S/C13H16ClN3/c1-10-12(9-14)13(17(3)15-10)16(2)11-7-5-4-6-8-11/h4-8H,9H2,1-3H3. The Morgan fingerprint density at radius 2 is 1.94 bits per heavy atom. The second kappa shape index (κ2) is 4.80. The van der Waals surface area contributed by atoms with Crippen molar-refractivity contribution < 1.29 is 0 Å². The minimum absolute atomic E-state index is 0.478. The molecule has 0 amide bonds. The molecule has 90 valence electrons. The van der Waals surface area contributed by atoms with Gasteiger partial charge in [-0.25, -0.2) is 0 Å². The maximum atomic E-state index is 6.00. The van der Waals surface area contributed by atoms with Crippen molar-refractivity contribution in [3.8, 4) is 0 Å². The topological polar surface area (TPSA) is 21.1 Å². The maximum absolute atomic E-state index is 6.00. The van der Waals surface area contributed by atoms with Crippen LogP contribution in [0.3, 0.4) is 0 Å². The van der Waals surface area contributed by atoms with E-state index in [-0.39, 0.29) is 0 Å². The summed E-state index contributed by atoms with van der Waals surface area (Å²) in [4.78, 5) is 2.11. The van der Waals surface area contributed by atoms with Crippen molar-refractivity contribution >= 4 is 23.1 Å². The summed E-state index contributed by atoms with van der Waals surface area (Å²) in [5.41, 5.74) is 3.20. The van der Waals surface area contributed by atoms with Crippen LogP contribution >= 0.6 is 11.6 Å². The Balaban J connectivity index is 2.47. The molecule has 0 unspecified atom stereocenters. The van der Waals surface area contributed by atoms with Gasteiger partial charge in [-0.05, 0) is 19.1 Å². The molecule has 2 aromatic rings. The fourth-order valence-electron chi connectivity index (χ4n) is 2.04. The normalized spacial score (nSPS) is 10.6. The van der Waals surface area contributed by atoms with Crippen LogP contribution in [0.5, 0.6) is 0 Å². The van der Waals surface area contributed by atoms with Crippen LogP contribution in [0.4, 0.5) is 11.5 Å². The number of rotatable bonds is 3. The summed E-state index contributed by atoms with van der Waals surface area (Å²) in [6.07, 6.45) is 0. The average Bonchev–Trinajstić information content (AvgIpc) is 2.63. The van der Waals surface area contributed by atoms with Crippen molar-refractivity contribution in [2.24, 2.45) is 7.05 Å². The lowest BCUT2D eigenvalue weighted by Gasteiger charge is -2.20. The molecule has 0 fully saturated rings. The van der Waals surface area contributed by atoms with Gasteiger partial charge in [0, 0.05) is 25.3 Å². The summed E-state index contributed by atoms with van der Waals surface area (Å²) in [5, 5.41) is 4.42. The first-order valence-corrected chi connectivity index (χ1v) is 6.05. The van der Waals surface area contributed by atoms with Crippen molar-refractivity contribution in [3.63, 3.8) is 0 Å². The SMILES string of the molecule is Cc1nn(C)c(N(C)c2ccccc2)c1CCl. The monoisotopic (exact) mass is 249 g/mol. The second-order valence-corrected chi connectivity index (χ2v) is 4.31. The zero-order valence-corrected chi connectivity index (χ0v) is 11.1. The van der Waals surface area contributed by atoms with Crippen LogP contribution in [-0.2, 0) is 12.9 Å². The number of hydrogen-bond donors (Lipinski definition) is 0. The molecule has 3 nitrogen and oxygen atoms in total. The van der Waals surface area contributed by atoms with Crippen LogP contribution in [0.2, 0.25) is 0 Å². The Morgan fingerprint density at radius 3 is 2.53 bits per heavy atom. The number of aryl methyl sites for hydroxylation is 2. The van der Waals surface area contributed by atoms with Crippen LogP contribution in [0, 0.1) is 6.92 Å². The molecule has 0 aliphatic heterocycles. The first kappa shape index (κ1) is 12.0. The molecule has 0 spiro atoms. The van der Waals surface area contributed by atoms with Gasteiger partial charge in [-0.2, -0.15) is 5.10 Å². The summed E-state index contributed by atoms with van der Waals surface area (Å²) in [6.45, 7) is 1.99. The molecule has 0 saturated heterocycles. The third-order valence-corrected chi connectivity index (χ3v) is 3.18. The molecule has 2 rings (SSSR count). The van der Waals surface area contributed by atoms with Gasteiger partial charge in [0.2, 0.25) is 0 Å². The Kier molecular flexibility index (Phi) is 3.38. The number of para-hydroxylation sites is 1. The molecule has 4 heteroatoms. The lowest BCUT2D eigenvalue weighted by molar-refractivity contribution is 0.750. The van der Waals surface area contributed by atoms with E-state index in [2.05, 4.69) is 22.1 Å². The molecule has 0 aliphatic rings. The predicted molar refractivity (Wildman–Crippen MR) is 72.0 cm³/mol. The largest absolute Gasteiger partial charge is 0.329 e. The Morgan fingerprint density at radius 1 is 1.29 bits per heavy atom. The quantitative estimate of drug-likeness (QED) is 0.779. The molecule has 0 aliphatic carbocycles. The van der Waals surface area contributed by atoms with Gasteiger partial charge in [-0.3, -0.25) is 4.68 Å². The molecular weight excluding hydrogens is 234 g/mol. The second-order valence-electron chi connectivity index (χ2n) is 4.04. The third kappa shape index (κ3) is 2.15. The van der Waals surface area contributed by atoms with E-state index in [9.17, 15) is 0 Å². The molecule has 0 radical (unpaired) electrons. The zero-order chi connectivity index (χ0) is 12.4. The Bertz CT molecular complexity index is 505. The van der Waals surface area contributed by atoms with Gasteiger partial charge < -0.3 is 4.90 Å². The summed E-state index contributed by atoms with van der Waals surface area (Å²) in [6, 6.07) is 10.2. The van der Waals surface area contributed by atoms with Gasteiger partial charge in [-0.15, -0.1) is 11.6 Å². The van der Waals surface area contributed by atoms with E-state index >= 15 is 0 Å². The minimum atomic E-state index is 0.478. The van der Waals surface area contributed by atoms with Gasteiger partial charge in [-0.1, -0.05) is 18.2 Å². The average molecular weight is 250 g/mol. The summed E-state index contributed by atoms with van der Waals surface area (Å²) in [5.74, 6) is 1.52. The summed E-state index contributed by atoms with van der Waals surface area (Å²) >= 11 is 6.00. The molecule has 1 aromatic heterocycles. The smallest absolute Gasteiger partial charge is 0.135 e. The van der Waals surface area contributed by atoms with Crippen LogP contribution in [0.1, 0.15) is 11.3 Å². The number of nitrogens with zero attached hydrogens (tertiary/aromatic N) is 3. The van der Waals surface area contributed by atoms with E-state index in [1.807, 2.05) is 43.9 Å². The Hall–Kier alpha value is -1.48. The van der Waals surface area contributed by atoms with Crippen molar-refractivity contribution in [1.29, 1.82) is 0 Å². The number of aromatic nitrogens is 2. The first-order valence-electron chi connectivity index (χ1n) is 5.52. The van der Waals surface area contributed by atoms with Crippen molar-refractivity contribution in [1.82, 2.24) is 9.78 Å². The van der Waals surface area contributed by atoms with E-state index < -0.39 is 0 Å². The number of hydrogen-bond acceptors (Lipinski definition) is 2. The van der Waals surface area contributed by atoms with Crippen molar-refractivity contribution in [3.05, 3.63) is 41.6 Å². The molecule has 1 heterocycles. The lowest BCUT2D eigenvalue weighted by atomic mass is 10.2. The molecule has 0 saturated carbocycles. The minimum Gasteiger partial charge on any atom is -0.329 e. The number of halogens is 1. The highest BCUT2D eigenvalue weighted by atomic mass is 35.5. The first-order chi connectivity index (χ1) is 8.15. The zero-order valence-electron chi connectivity index (χ0n) is 10.3. The van der Waals surface area contributed by atoms with Crippen molar-refractivity contribution in [2.45, 2.75) is 12.8 Å². The van der Waals surface area contributed by atoms with Gasteiger partial charge in [0.25, 0.3) is 0 Å². The van der Waals surface area contributed by atoms with E-state index in [1.54, 1.807) is 0 Å². The van der Waals surface area contributed by atoms with Crippen LogP contribution in [0.25, 0.3) is 0 Å². The fraction of sp³-hybridized carbons (Fsp3) is 0.308. The molecule has 17 heavy (non-hydrogen) atoms. The third-order valence-electron chi connectivity index (χ3n) is 2.91. The van der Waals surface area contributed by atoms with E-state index in [0.717, 1.165) is 22.8 Å². The fourth-order valence-corrected chi connectivity index (χ4v) is 2.35. The van der Waals surface area contributed by atoms with Gasteiger partial charge in [0.1, 0.15) is 5.82 Å². The van der Waals surface area contributed by atoms with E-state index in [4.69, 9.17) is 11.6 Å². The van der Waals surface area contributed by atoms with Crippen LogP contribution < -0.4 is 4.90 Å². The van der Waals surface area contributed by atoms with E-state index in [1.165, 1.54) is 0 Å².